The number of halogens is 4. The number of carbonyl (C=O) groups excluding carboxylic acids is 1. The molecule has 244 valence electrons. The van der Waals surface area contributed by atoms with Gasteiger partial charge in [-0.1, -0.05) is 6.07 Å². The molecule has 2 aliphatic rings. The number of amides is 1. The van der Waals surface area contributed by atoms with Gasteiger partial charge in [-0.3, -0.25) is 14.8 Å². The van der Waals surface area contributed by atoms with Crippen molar-refractivity contribution in [2.24, 2.45) is 0 Å². The molecule has 2 saturated heterocycles. The fourth-order valence-corrected chi connectivity index (χ4v) is 6.23. The SMILES string of the molecule is CCN(CCN1CCC(F)(F)C1)c1ccc(C(=O)Nc2n[nH]c3ccc(Cc4cc(F)cc(F)c4)cc23)c(NC2CCOCC2)c1. The summed E-state index contributed by atoms with van der Waals surface area (Å²) in [5.41, 5.74) is 4.00. The van der Waals surface area contributed by atoms with Crippen molar-refractivity contribution in [1.29, 1.82) is 0 Å². The summed E-state index contributed by atoms with van der Waals surface area (Å²) in [6, 6.07) is 14.7. The molecule has 0 atom stereocenters. The van der Waals surface area contributed by atoms with E-state index in [1.165, 1.54) is 12.1 Å². The second kappa shape index (κ2) is 13.7. The minimum Gasteiger partial charge on any atom is -0.381 e. The number of anilines is 3. The molecule has 2 fully saturated rings. The van der Waals surface area contributed by atoms with Gasteiger partial charge in [-0.15, -0.1) is 0 Å². The molecule has 8 nitrogen and oxygen atoms in total. The van der Waals surface area contributed by atoms with Crippen LogP contribution in [0.25, 0.3) is 10.9 Å². The molecule has 0 bridgehead atoms. The monoisotopic (exact) mass is 638 g/mol. The molecule has 0 saturated carbocycles. The first-order chi connectivity index (χ1) is 22.2. The summed E-state index contributed by atoms with van der Waals surface area (Å²) in [5, 5.41) is 14.4. The van der Waals surface area contributed by atoms with E-state index in [9.17, 15) is 22.4 Å². The Morgan fingerprint density at radius 2 is 1.85 bits per heavy atom. The number of rotatable bonds is 11. The van der Waals surface area contributed by atoms with Gasteiger partial charge < -0.3 is 20.3 Å². The lowest BCUT2D eigenvalue weighted by Gasteiger charge is -2.29. The molecule has 6 rings (SSSR count). The summed E-state index contributed by atoms with van der Waals surface area (Å²) in [6.45, 7) is 5.23. The third kappa shape index (κ3) is 7.61. The molecular formula is C34H38F4N6O2. The first kappa shape index (κ1) is 31.8. The second-order valence-corrected chi connectivity index (χ2v) is 12.1. The van der Waals surface area contributed by atoms with Crippen molar-refractivity contribution in [1.82, 2.24) is 15.1 Å². The zero-order valence-corrected chi connectivity index (χ0v) is 25.7. The van der Waals surface area contributed by atoms with E-state index in [2.05, 4.69) is 25.7 Å². The molecule has 4 aromatic rings. The Labute approximate surface area is 265 Å². The van der Waals surface area contributed by atoms with E-state index in [0.29, 0.717) is 79.3 Å². The molecule has 0 spiro atoms. The van der Waals surface area contributed by atoms with Crippen molar-refractivity contribution in [3.05, 3.63) is 82.9 Å². The van der Waals surface area contributed by atoms with Gasteiger partial charge >= 0.3 is 0 Å². The predicted molar refractivity (Wildman–Crippen MR) is 171 cm³/mol. The van der Waals surface area contributed by atoms with Gasteiger partial charge in [-0.2, -0.15) is 5.10 Å². The highest BCUT2D eigenvalue weighted by molar-refractivity contribution is 6.11. The topological polar surface area (TPSA) is 85.5 Å². The number of aromatic nitrogens is 2. The van der Waals surface area contributed by atoms with E-state index in [-0.39, 0.29) is 24.9 Å². The lowest BCUT2D eigenvalue weighted by atomic mass is 10.0. The number of likely N-dealkylation sites (N-methyl/N-ethyl adjacent to an activating group) is 1. The molecule has 2 aliphatic heterocycles. The number of hydrogen-bond donors (Lipinski definition) is 3. The Bertz CT molecular complexity index is 1670. The molecule has 0 radical (unpaired) electrons. The van der Waals surface area contributed by atoms with Crippen LogP contribution in [0.4, 0.5) is 34.8 Å². The number of benzene rings is 3. The number of nitrogens with one attached hydrogen (secondary N) is 3. The first-order valence-corrected chi connectivity index (χ1v) is 15.7. The zero-order valence-electron chi connectivity index (χ0n) is 25.7. The molecule has 1 amide bonds. The minimum absolute atomic E-state index is 0.109. The fraction of sp³-hybridized carbons (Fsp3) is 0.412. The van der Waals surface area contributed by atoms with E-state index < -0.39 is 17.6 Å². The van der Waals surface area contributed by atoms with Crippen LogP contribution in [0.5, 0.6) is 0 Å². The molecular weight excluding hydrogens is 600 g/mol. The number of alkyl halides is 2. The highest BCUT2D eigenvalue weighted by Gasteiger charge is 2.37. The van der Waals surface area contributed by atoms with Gasteiger partial charge in [0.2, 0.25) is 0 Å². The first-order valence-electron chi connectivity index (χ1n) is 15.7. The van der Waals surface area contributed by atoms with E-state index in [0.717, 1.165) is 30.2 Å². The molecule has 46 heavy (non-hydrogen) atoms. The van der Waals surface area contributed by atoms with Crippen molar-refractivity contribution in [2.45, 2.75) is 44.6 Å². The van der Waals surface area contributed by atoms with Crippen LogP contribution < -0.4 is 15.5 Å². The van der Waals surface area contributed by atoms with Gasteiger partial charge in [0.25, 0.3) is 11.8 Å². The molecule has 3 heterocycles. The van der Waals surface area contributed by atoms with Crippen molar-refractivity contribution in [2.75, 3.05) is 61.5 Å². The van der Waals surface area contributed by atoms with Crippen molar-refractivity contribution >= 4 is 34.0 Å². The summed E-state index contributed by atoms with van der Waals surface area (Å²) >= 11 is 0. The van der Waals surface area contributed by atoms with Gasteiger partial charge in [0.15, 0.2) is 5.82 Å². The van der Waals surface area contributed by atoms with Gasteiger partial charge in [0, 0.05) is 74.7 Å². The van der Waals surface area contributed by atoms with Crippen LogP contribution >= 0.6 is 0 Å². The third-order valence-electron chi connectivity index (χ3n) is 8.70. The van der Waals surface area contributed by atoms with E-state index in [1.54, 1.807) is 11.0 Å². The van der Waals surface area contributed by atoms with Crippen LogP contribution in [-0.2, 0) is 11.2 Å². The Hall–Kier alpha value is -4.16. The third-order valence-corrected chi connectivity index (χ3v) is 8.70. The van der Waals surface area contributed by atoms with E-state index in [1.807, 2.05) is 37.3 Å². The minimum atomic E-state index is -2.63. The van der Waals surface area contributed by atoms with Crippen LogP contribution in [0.2, 0.25) is 0 Å². The number of nitrogens with zero attached hydrogens (tertiary/aromatic N) is 3. The normalized spacial score (nSPS) is 17.0. The number of hydrogen-bond acceptors (Lipinski definition) is 6. The quantitative estimate of drug-likeness (QED) is 0.164. The summed E-state index contributed by atoms with van der Waals surface area (Å²) in [5.74, 6) is -3.92. The summed E-state index contributed by atoms with van der Waals surface area (Å²) in [4.78, 5) is 17.7. The maximum absolute atomic E-state index is 13.8. The Balaban J connectivity index is 1.22. The van der Waals surface area contributed by atoms with Gasteiger partial charge in [0.1, 0.15) is 11.6 Å². The second-order valence-electron chi connectivity index (χ2n) is 12.1. The Kier molecular flexibility index (Phi) is 9.46. The lowest BCUT2D eigenvalue weighted by molar-refractivity contribution is 0.0125. The standard InChI is InChI=1S/C34H38F4N6O2/c1-2-44(12-11-43-10-9-34(37,38)21-43)27-4-5-28(31(20-27)39-26-7-13-46-14-8-26)33(45)40-32-29-18-22(3-6-30(29)41-42-32)15-23-16-24(35)19-25(36)17-23/h3-6,16-20,26,39H,2,7-15,21H2,1H3,(H2,40,41,42,45). The summed E-state index contributed by atoms with van der Waals surface area (Å²) in [7, 11) is 0. The molecule has 1 aromatic heterocycles. The van der Waals surface area contributed by atoms with Crippen LogP contribution in [0, 0.1) is 11.6 Å². The lowest BCUT2D eigenvalue weighted by Crippen LogP contribution is -2.35. The van der Waals surface area contributed by atoms with Crippen LogP contribution in [0.3, 0.4) is 0 Å². The highest BCUT2D eigenvalue weighted by Crippen LogP contribution is 2.30. The number of carbonyl (C=O) groups is 1. The Morgan fingerprint density at radius 1 is 1.07 bits per heavy atom. The largest absolute Gasteiger partial charge is 0.381 e. The molecule has 0 aliphatic carbocycles. The molecule has 0 unspecified atom stereocenters. The molecule has 3 aromatic carbocycles. The number of H-pyrrole nitrogens is 1. The predicted octanol–water partition coefficient (Wildman–Crippen LogP) is 6.44. The maximum atomic E-state index is 13.8. The number of likely N-dealkylation sites (tertiary alicyclic amines) is 1. The van der Waals surface area contributed by atoms with Gasteiger partial charge in [0.05, 0.1) is 17.6 Å². The maximum Gasteiger partial charge on any atom is 0.261 e. The van der Waals surface area contributed by atoms with Crippen LogP contribution in [-0.4, -0.2) is 78.9 Å². The van der Waals surface area contributed by atoms with Crippen LogP contribution in [0.15, 0.2) is 54.6 Å². The summed E-state index contributed by atoms with van der Waals surface area (Å²) < 4.78 is 60.5. The van der Waals surface area contributed by atoms with Crippen molar-refractivity contribution in [3.8, 4) is 0 Å². The number of ether oxygens (including phenoxy) is 1. The van der Waals surface area contributed by atoms with Crippen molar-refractivity contribution < 1.29 is 27.1 Å². The van der Waals surface area contributed by atoms with Crippen molar-refractivity contribution in [3.63, 3.8) is 0 Å². The fourth-order valence-electron chi connectivity index (χ4n) is 6.23. The van der Waals surface area contributed by atoms with E-state index >= 15 is 0 Å². The van der Waals surface area contributed by atoms with Gasteiger partial charge in [-0.25, -0.2) is 17.6 Å². The number of aromatic amines is 1. The molecule has 3 N–H and O–H groups in total. The average molecular weight is 639 g/mol. The highest BCUT2D eigenvalue weighted by atomic mass is 19.3. The smallest absolute Gasteiger partial charge is 0.261 e. The van der Waals surface area contributed by atoms with Gasteiger partial charge in [-0.05, 0) is 79.8 Å². The summed E-state index contributed by atoms with van der Waals surface area (Å²) in [6.07, 6.45) is 1.79. The van der Waals surface area contributed by atoms with Crippen LogP contribution in [0.1, 0.15) is 47.7 Å². The molecule has 12 heteroatoms. The number of fused-ring (bicyclic) bond motifs is 1. The van der Waals surface area contributed by atoms with E-state index in [4.69, 9.17) is 4.74 Å². The Morgan fingerprint density at radius 3 is 2.57 bits per heavy atom. The average Bonchev–Trinajstić information content (AvgIpc) is 3.58. The zero-order chi connectivity index (χ0) is 32.3.